The highest BCUT2D eigenvalue weighted by Gasteiger charge is 2.17. The molecule has 1 atom stereocenters. The van der Waals surface area contributed by atoms with Crippen molar-refractivity contribution in [3.05, 3.63) is 10.6 Å². The van der Waals surface area contributed by atoms with Gasteiger partial charge in [0.15, 0.2) is 0 Å². The second kappa shape index (κ2) is 6.78. The molecule has 0 saturated carbocycles. The minimum atomic E-state index is -0.167. The van der Waals surface area contributed by atoms with E-state index in [1.807, 2.05) is 0 Å². The van der Waals surface area contributed by atoms with Crippen molar-refractivity contribution in [1.29, 1.82) is 0 Å². The fourth-order valence-electron chi connectivity index (χ4n) is 1.22. The zero-order chi connectivity index (χ0) is 12.0. The van der Waals surface area contributed by atoms with E-state index in [2.05, 4.69) is 14.9 Å². The third-order valence-electron chi connectivity index (χ3n) is 2.02. The number of nitrogens with zero attached hydrogens (tertiary/aromatic N) is 2. The highest BCUT2D eigenvalue weighted by atomic mass is 35.5. The molecule has 1 aromatic rings. The van der Waals surface area contributed by atoms with Gasteiger partial charge in [-0.1, -0.05) is 4.49 Å². The standard InChI is InChI=1S/C9H14ClN3O2S/c1-6-8(16-13-12-6)9(14)11-7(3-4-10)5-15-2/h7H,3-5H2,1-2H3,(H,11,14). The predicted octanol–water partition coefficient (Wildman–Crippen LogP) is 1.22. The van der Waals surface area contributed by atoms with Gasteiger partial charge in [-0.25, -0.2) is 0 Å². The molecule has 1 aromatic heterocycles. The first-order chi connectivity index (χ1) is 7.69. The molecule has 16 heavy (non-hydrogen) atoms. The molecule has 90 valence electrons. The molecule has 0 aliphatic heterocycles. The van der Waals surface area contributed by atoms with Crippen molar-refractivity contribution < 1.29 is 9.53 Å². The highest BCUT2D eigenvalue weighted by molar-refractivity contribution is 7.08. The van der Waals surface area contributed by atoms with E-state index in [1.165, 1.54) is 0 Å². The van der Waals surface area contributed by atoms with Crippen molar-refractivity contribution in [3.63, 3.8) is 0 Å². The summed E-state index contributed by atoms with van der Waals surface area (Å²) in [6.07, 6.45) is 0.673. The SMILES string of the molecule is COCC(CCCl)NC(=O)c1snnc1C. The van der Waals surface area contributed by atoms with Crippen LogP contribution in [-0.2, 0) is 4.74 Å². The molecular formula is C9H14ClN3O2S. The lowest BCUT2D eigenvalue weighted by Gasteiger charge is -2.15. The van der Waals surface area contributed by atoms with Gasteiger partial charge in [-0.3, -0.25) is 4.79 Å². The molecule has 1 unspecified atom stereocenters. The smallest absolute Gasteiger partial charge is 0.265 e. The second-order valence-electron chi connectivity index (χ2n) is 3.29. The summed E-state index contributed by atoms with van der Waals surface area (Å²) in [5, 5.41) is 6.63. The summed E-state index contributed by atoms with van der Waals surface area (Å²) in [5.74, 6) is 0.313. The number of aryl methyl sites for hydroxylation is 1. The maximum Gasteiger partial charge on any atom is 0.265 e. The van der Waals surface area contributed by atoms with E-state index in [4.69, 9.17) is 16.3 Å². The zero-order valence-electron chi connectivity index (χ0n) is 9.20. The van der Waals surface area contributed by atoms with Gasteiger partial charge in [0, 0.05) is 13.0 Å². The number of carbonyl (C=O) groups excluding carboxylic acids is 1. The lowest BCUT2D eigenvalue weighted by Crippen LogP contribution is -2.38. The normalized spacial score (nSPS) is 12.4. The third-order valence-corrected chi connectivity index (χ3v) is 3.06. The zero-order valence-corrected chi connectivity index (χ0v) is 10.8. The Morgan fingerprint density at radius 3 is 2.94 bits per heavy atom. The van der Waals surface area contributed by atoms with E-state index in [0.29, 0.717) is 29.5 Å². The molecule has 0 saturated heterocycles. The summed E-state index contributed by atoms with van der Waals surface area (Å²) < 4.78 is 8.72. The maximum absolute atomic E-state index is 11.8. The molecule has 0 radical (unpaired) electrons. The van der Waals surface area contributed by atoms with Crippen LogP contribution in [0.5, 0.6) is 0 Å². The van der Waals surface area contributed by atoms with Crippen LogP contribution in [0.1, 0.15) is 21.8 Å². The van der Waals surface area contributed by atoms with Gasteiger partial charge in [0.25, 0.3) is 5.91 Å². The van der Waals surface area contributed by atoms with Crippen molar-refractivity contribution in [2.75, 3.05) is 19.6 Å². The van der Waals surface area contributed by atoms with E-state index in [-0.39, 0.29) is 11.9 Å². The molecule has 1 rings (SSSR count). The second-order valence-corrected chi connectivity index (χ2v) is 4.42. The number of aromatic nitrogens is 2. The first-order valence-electron chi connectivity index (χ1n) is 4.83. The number of hydrogen-bond donors (Lipinski definition) is 1. The molecule has 0 aliphatic rings. The van der Waals surface area contributed by atoms with E-state index in [1.54, 1.807) is 14.0 Å². The van der Waals surface area contributed by atoms with Gasteiger partial charge >= 0.3 is 0 Å². The van der Waals surface area contributed by atoms with Crippen LogP contribution >= 0.6 is 23.1 Å². The van der Waals surface area contributed by atoms with E-state index in [9.17, 15) is 4.79 Å². The summed E-state index contributed by atoms with van der Waals surface area (Å²) in [5.41, 5.74) is 0.643. The summed E-state index contributed by atoms with van der Waals surface area (Å²) in [7, 11) is 1.59. The molecule has 0 bridgehead atoms. The van der Waals surface area contributed by atoms with Crippen molar-refractivity contribution >= 4 is 29.0 Å². The molecule has 0 aliphatic carbocycles. The largest absolute Gasteiger partial charge is 0.383 e. The Morgan fingerprint density at radius 1 is 1.69 bits per heavy atom. The summed E-state index contributed by atoms with van der Waals surface area (Å²) in [6.45, 7) is 2.20. The minimum absolute atomic E-state index is 0.0727. The van der Waals surface area contributed by atoms with E-state index >= 15 is 0 Å². The fourth-order valence-corrected chi connectivity index (χ4v) is 2.04. The van der Waals surface area contributed by atoms with Gasteiger partial charge in [0.1, 0.15) is 4.88 Å². The van der Waals surface area contributed by atoms with Crippen LogP contribution in [0.15, 0.2) is 0 Å². The summed E-state index contributed by atoms with van der Waals surface area (Å²) >= 11 is 6.73. The topological polar surface area (TPSA) is 64.1 Å². The molecule has 5 nitrogen and oxygen atoms in total. The maximum atomic E-state index is 11.8. The van der Waals surface area contributed by atoms with Gasteiger partial charge in [0.2, 0.25) is 0 Å². The Morgan fingerprint density at radius 2 is 2.44 bits per heavy atom. The molecule has 1 heterocycles. The Bertz CT molecular complexity index is 339. The van der Waals surface area contributed by atoms with Crippen molar-refractivity contribution in [2.24, 2.45) is 0 Å². The van der Waals surface area contributed by atoms with E-state index in [0.717, 1.165) is 11.5 Å². The van der Waals surface area contributed by atoms with Crippen molar-refractivity contribution in [1.82, 2.24) is 14.9 Å². The molecule has 0 aromatic carbocycles. The number of rotatable bonds is 6. The van der Waals surface area contributed by atoms with Crippen LogP contribution in [0.2, 0.25) is 0 Å². The van der Waals surface area contributed by atoms with Crippen LogP contribution in [0.4, 0.5) is 0 Å². The minimum Gasteiger partial charge on any atom is -0.383 e. The lowest BCUT2D eigenvalue weighted by atomic mass is 10.2. The Kier molecular flexibility index (Phi) is 5.65. The van der Waals surface area contributed by atoms with Crippen molar-refractivity contribution in [2.45, 2.75) is 19.4 Å². The Balaban J connectivity index is 2.58. The monoisotopic (exact) mass is 263 g/mol. The quantitative estimate of drug-likeness (QED) is 0.784. The average molecular weight is 264 g/mol. The number of carbonyl (C=O) groups is 1. The van der Waals surface area contributed by atoms with Crippen LogP contribution in [-0.4, -0.2) is 41.1 Å². The van der Waals surface area contributed by atoms with Gasteiger partial charge in [-0.05, 0) is 24.9 Å². The summed E-state index contributed by atoms with van der Waals surface area (Å²) in [6, 6.07) is -0.0727. The van der Waals surface area contributed by atoms with Crippen molar-refractivity contribution in [3.8, 4) is 0 Å². The molecule has 0 spiro atoms. The lowest BCUT2D eigenvalue weighted by molar-refractivity contribution is 0.0898. The van der Waals surface area contributed by atoms with Crippen LogP contribution in [0.3, 0.4) is 0 Å². The highest BCUT2D eigenvalue weighted by Crippen LogP contribution is 2.09. The fraction of sp³-hybridized carbons (Fsp3) is 0.667. The Hall–Kier alpha value is -0.720. The predicted molar refractivity (Wildman–Crippen MR) is 63.1 cm³/mol. The number of hydrogen-bond acceptors (Lipinski definition) is 5. The first kappa shape index (κ1) is 13.3. The van der Waals surface area contributed by atoms with E-state index < -0.39 is 0 Å². The van der Waals surface area contributed by atoms with Gasteiger partial charge in [-0.2, -0.15) is 0 Å². The van der Waals surface area contributed by atoms with Gasteiger partial charge < -0.3 is 10.1 Å². The van der Waals surface area contributed by atoms with Gasteiger partial charge in [0.05, 0.1) is 18.3 Å². The molecule has 1 N–H and O–H groups in total. The number of nitrogens with one attached hydrogen (secondary N) is 1. The van der Waals surface area contributed by atoms with Gasteiger partial charge in [-0.15, -0.1) is 16.7 Å². The number of amides is 1. The number of ether oxygens (including phenoxy) is 1. The molecule has 7 heteroatoms. The Labute approximate surface area is 103 Å². The van der Waals surface area contributed by atoms with Crippen LogP contribution < -0.4 is 5.32 Å². The number of alkyl halides is 1. The molecular weight excluding hydrogens is 250 g/mol. The van der Waals surface area contributed by atoms with Crippen LogP contribution in [0.25, 0.3) is 0 Å². The third kappa shape index (κ3) is 3.70. The average Bonchev–Trinajstić information content (AvgIpc) is 2.65. The first-order valence-corrected chi connectivity index (χ1v) is 6.14. The summed E-state index contributed by atoms with van der Waals surface area (Å²) in [4.78, 5) is 12.3. The molecule has 1 amide bonds. The van der Waals surface area contributed by atoms with Crippen LogP contribution in [0, 0.1) is 6.92 Å². The number of methoxy groups -OCH3 is 1. The number of halogens is 1. The molecule has 0 fully saturated rings.